The SMILES string of the molecule is Fc1ccc(CNC(=S)N/N=C\c2ccccc2Br)cc1. The minimum Gasteiger partial charge on any atom is -0.357 e. The van der Waals surface area contributed by atoms with Crippen molar-refractivity contribution in [2.24, 2.45) is 5.10 Å². The predicted molar refractivity (Wildman–Crippen MR) is 90.7 cm³/mol. The number of rotatable bonds is 4. The average molecular weight is 366 g/mol. The fourth-order valence-electron chi connectivity index (χ4n) is 1.56. The number of nitrogens with one attached hydrogen (secondary N) is 2. The van der Waals surface area contributed by atoms with Gasteiger partial charge in [0.2, 0.25) is 0 Å². The van der Waals surface area contributed by atoms with Gasteiger partial charge in [-0.2, -0.15) is 5.10 Å². The largest absolute Gasteiger partial charge is 0.357 e. The topological polar surface area (TPSA) is 36.4 Å². The summed E-state index contributed by atoms with van der Waals surface area (Å²) >= 11 is 8.54. The molecule has 0 aromatic heterocycles. The summed E-state index contributed by atoms with van der Waals surface area (Å²) < 4.78 is 13.7. The van der Waals surface area contributed by atoms with Gasteiger partial charge >= 0.3 is 0 Å². The van der Waals surface area contributed by atoms with Crippen molar-refractivity contribution in [2.45, 2.75) is 6.54 Å². The molecule has 0 saturated carbocycles. The molecule has 0 unspecified atom stereocenters. The number of nitrogens with zero attached hydrogens (tertiary/aromatic N) is 1. The van der Waals surface area contributed by atoms with Crippen LogP contribution in [0, 0.1) is 5.82 Å². The molecular weight excluding hydrogens is 353 g/mol. The average Bonchev–Trinajstić information content (AvgIpc) is 2.49. The summed E-state index contributed by atoms with van der Waals surface area (Å²) in [6, 6.07) is 14.0. The Morgan fingerprint density at radius 1 is 1.19 bits per heavy atom. The molecule has 0 amide bonds. The van der Waals surface area contributed by atoms with Crippen molar-refractivity contribution in [1.29, 1.82) is 0 Å². The van der Waals surface area contributed by atoms with Crippen LogP contribution in [-0.4, -0.2) is 11.3 Å². The highest BCUT2D eigenvalue weighted by molar-refractivity contribution is 9.10. The van der Waals surface area contributed by atoms with Gasteiger partial charge in [0.25, 0.3) is 0 Å². The molecule has 2 rings (SSSR count). The summed E-state index contributed by atoms with van der Waals surface area (Å²) in [5, 5.41) is 7.46. The monoisotopic (exact) mass is 365 g/mol. The van der Waals surface area contributed by atoms with Crippen LogP contribution in [0.5, 0.6) is 0 Å². The Labute approximate surface area is 136 Å². The van der Waals surface area contributed by atoms with Crippen LogP contribution < -0.4 is 10.7 Å². The van der Waals surface area contributed by atoms with Gasteiger partial charge in [0.1, 0.15) is 5.82 Å². The van der Waals surface area contributed by atoms with Crippen LogP contribution in [-0.2, 0) is 6.54 Å². The Morgan fingerprint density at radius 3 is 2.62 bits per heavy atom. The number of halogens is 2. The quantitative estimate of drug-likeness (QED) is 0.493. The van der Waals surface area contributed by atoms with Crippen LogP contribution in [0.1, 0.15) is 11.1 Å². The molecule has 0 radical (unpaired) electrons. The molecule has 0 bridgehead atoms. The molecule has 2 aromatic rings. The van der Waals surface area contributed by atoms with Gasteiger partial charge in [-0.1, -0.05) is 46.3 Å². The maximum absolute atomic E-state index is 12.8. The van der Waals surface area contributed by atoms with Crippen molar-refractivity contribution in [3.63, 3.8) is 0 Å². The van der Waals surface area contributed by atoms with E-state index in [0.29, 0.717) is 11.7 Å². The third-order valence-electron chi connectivity index (χ3n) is 2.64. The molecule has 0 saturated heterocycles. The van der Waals surface area contributed by atoms with Gasteiger partial charge in [-0.3, -0.25) is 5.43 Å². The molecule has 0 spiro atoms. The van der Waals surface area contributed by atoms with Gasteiger partial charge in [-0.05, 0) is 36.0 Å². The predicted octanol–water partition coefficient (Wildman–Crippen LogP) is 3.59. The molecule has 108 valence electrons. The molecule has 0 aliphatic heterocycles. The first-order chi connectivity index (χ1) is 10.1. The lowest BCUT2D eigenvalue weighted by molar-refractivity contribution is 0.626. The van der Waals surface area contributed by atoms with E-state index in [9.17, 15) is 4.39 Å². The lowest BCUT2D eigenvalue weighted by Crippen LogP contribution is -2.31. The van der Waals surface area contributed by atoms with Crippen molar-refractivity contribution in [3.8, 4) is 0 Å². The van der Waals surface area contributed by atoms with Crippen LogP contribution in [0.3, 0.4) is 0 Å². The first-order valence-electron chi connectivity index (χ1n) is 6.21. The van der Waals surface area contributed by atoms with E-state index >= 15 is 0 Å². The molecule has 0 aliphatic rings. The van der Waals surface area contributed by atoms with Crippen molar-refractivity contribution >= 4 is 39.5 Å². The molecule has 21 heavy (non-hydrogen) atoms. The zero-order chi connectivity index (χ0) is 15.1. The number of hydrogen-bond acceptors (Lipinski definition) is 2. The van der Waals surface area contributed by atoms with Gasteiger partial charge in [-0.25, -0.2) is 4.39 Å². The van der Waals surface area contributed by atoms with E-state index in [1.165, 1.54) is 12.1 Å². The van der Waals surface area contributed by atoms with E-state index in [2.05, 4.69) is 31.8 Å². The summed E-state index contributed by atoms with van der Waals surface area (Å²) in [5.41, 5.74) is 4.63. The number of hydrazone groups is 1. The van der Waals surface area contributed by atoms with Gasteiger partial charge in [0, 0.05) is 16.6 Å². The lowest BCUT2D eigenvalue weighted by atomic mass is 10.2. The van der Waals surface area contributed by atoms with Gasteiger partial charge in [-0.15, -0.1) is 0 Å². The van der Waals surface area contributed by atoms with Crippen LogP contribution in [0.4, 0.5) is 4.39 Å². The van der Waals surface area contributed by atoms with Crippen LogP contribution in [0.15, 0.2) is 58.1 Å². The summed E-state index contributed by atoms with van der Waals surface area (Å²) in [6.45, 7) is 0.511. The Balaban J connectivity index is 1.80. The van der Waals surface area contributed by atoms with Gasteiger partial charge in [0.05, 0.1) is 6.21 Å². The summed E-state index contributed by atoms with van der Waals surface area (Å²) in [7, 11) is 0. The van der Waals surface area contributed by atoms with Crippen LogP contribution in [0.2, 0.25) is 0 Å². The zero-order valence-electron chi connectivity index (χ0n) is 11.0. The van der Waals surface area contributed by atoms with Crippen molar-refractivity contribution in [3.05, 3.63) is 69.9 Å². The molecule has 2 aromatic carbocycles. The van der Waals surface area contributed by atoms with Gasteiger partial charge in [0.15, 0.2) is 5.11 Å². The summed E-state index contributed by atoms with van der Waals surface area (Å²) in [5.74, 6) is -0.252. The van der Waals surface area contributed by atoms with Crippen LogP contribution in [0.25, 0.3) is 0 Å². The van der Waals surface area contributed by atoms with Gasteiger partial charge < -0.3 is 5.32 Å². The van der Waals surface area contributed by atoms with Crippen molar-refractivity contribution < 1.29 is 4.39 Å². The highest BCUT2D eigenvalue weighted by atomic mass is 79.9. The smallest absolute Gasteiger partial charge is 0.187 e. The number of hydrogen-bond donors (Lipinski definition) is 2. The second-order valence-electron chi connectivity index (χ2n) is 4.20. The number of thiocarbonyl (C=S) groups is 1. The zero-order valence-corrected chi connectivity index (χ0v) is 13.4. The molecule has 0 aliphatic carbocycles. The molecule has 3 nitrogen and oxygen atoms in total. The second kappa shape index (κ2) is 7.85. The fourth-order valence-corrected chi connectivity index (χ4v) is 2.08. The standard InChI is InChI=1S/C15H13BrFN3S/c16-14-4-2-1-3-12(14)10-19-20-15(21)18-9-11-5-7-13(17)8-6-11/h1-8,10H,9H2,(H2,18,20,21)/b19-10-. The lowest BCUT2D eigenvalue weighted by Gasteiger charge is -2.07. The highest BCUT2D eigenvalue weighted by Crippen LogP contribution is 2.13. The Hall–Kier alpha value is -1.79. The van der Waals surface area contributed by atoms with E-state index in [1.54, 1.807) is 18.3 Å². The van der Waals surface area contributed by atoms with E-state index in [-0.39, 0.29) is 5.82 Å². The maximum Gasteiger partial charge on any atom is 0.187 e. The maximum atomic E-state index is 12.8. The first kappa shape index (κ1) is 15.6. The van der Waals surface area contributed by atoms with Crippen LogP contribution >= 0.6 is 28.1 Å². The summed E-state index contributed by atoms with van der Waals surface area (Å²) in [4.78, 5) is 0. The molecule has 0 atom stereocenters. The second-order valence-corrected chi connectivity index (χ2v) is 5.46. The highest BCUT2D eigenvalue weighted by Gasteiger charge is 1.97. The minimum atomic E-state index is -0.252. The first-order valence-corrected chi connectivity index (χ1v) is 7.41. The Bertz CT molecular complexity index is 644. The van der Waals surface area contributed by atoms with E-state index in [1.807, 2.05) is 24.3 Å². The fraction of sp³-hybridized carbons (Fsp3) is 0.0667. The van der Waals surface area contributed by atoms with E-state index in [4.69, 9.17) is 12.2 Å². The van der Waals surface area contributed by atoms with E-state index in [0.717, 1.165) is 15.6 Å². The minimum absolute atomic E-state index is 0.252. The third kappa shape index (κ3) is 5.24. The summed E-state index contributed by atoms with van der Waals surface area (Å²) in [6.07, 6.45) is 1.68. The third-order valence-corrected chi connectivity index (χ3v) is 3.60. The molecular formula is C15H13BrFN3S. The Kier molecular flexibility index (Phi) is 5.83. The Morgan fingerprint density at radius 2 is 1.90 bits per heavy atom. The number of benzene rings is 2. The van der Waals surface area contributed by atoms with Crippen molar-refractivity contribution in [1.82, 2.24) is 10.7 Å². The van der Waals surface area contributed by atoms with Crippen molar-refractivity contribution in [2.75, 3.05) is 0 Å². The molecule has 0 heterocycles. The normalized spacial score (nSPS) is 10.6. The molecule has 6 heteroatoms. The molecule has 0 fully saturated rings. The molecule has 2 N–H and O–H groups in total. The van der Waals surface area contributed by atoms with E-state index < -0.39 is 0 Å².